The summed E-state index contributed by atoms with van der Waals surface area (Å²) in [6.07, 6.45) is 1.35. The fraction of sp³-hybridized carbons (Fsp3) is 0. The summed E-state index contributed by atoms with van der Waals surface area (Å²) in [7, 11) is -4.06. The molecule has 0 aliphatic heterocycles. The fourth-order valence-electron chi connectivity index (χ4n) is 1.85. The first-order chi connectivity index (χ1) is 11.0. The molecule has 0 aliphatic carbocycles. The van der Waals surface area contributed by atoms with Crippen LogP contribution in [-0.4, -0.2) is 28.6 Å². The molecule has 0 atom stereocenters. The second-order valence-electron chi connectivity index (χ2n) is 4.49. The molecular formula is C13H9F2N5O2S. The highest BCUT2D eigenvalue weighted by Crippen LogP contribution is 2.20. The number of hydrogen-bond acceptors (Lipinski definition) is 5. The van der Waals surface area contributed by atoms with Gasteiger partial charge in [-0.1, -0.05) is 6.07 Å². The van der Waals surface area contributed by atoms with Crippen LogP contribution in [0.4, 0.5) is 14.5 Å². The lowest BCUT2D eigenvalue weighted by molar-refractivity contribution is 0.504. The summed E-state index contributed by atoms with van der Waals surface area (Å²) in [5, 5.41) is 10.7. The van der Waals surface area contributed by atoms with E-state index in [0.29, 0.717) is 11.8 Å². The molecular weight excluding hydrogens is 328 g/mol. The predicted octanol–water partition coefficient (Wildman–Crippen LogP) is 1.74. The molecule has 0 unspecified atom stereocenters. The number of aromatic nitrogens is 4. The van der Waals surface area contributed by atoms with E-state index in [1.807, 2.05) is 0 Å². The predicted molar refractivity (Wildman–Crippen MR) is 76.3 cm³/mol. The second-order valence-corrected chi connectivity index (χ2v) is 6.17. The molecule has 1 heterocycles. The average Bonchev–Trinajstić information content (AvgIpc) is 3.04. The van der Waals surface area contributed by atoms with Gasteiger partial charge in [-0.3, -0.25) is 4.72 Å². The zero-order valence-electron chi connectivity index (χ0n) is 11.4. The molecule has 23 heavy (non-hydrogen) atoms. The number of sulfonamides is 1. The van der Waals surface area contributed by atoms with E-state index in [-0.39, 0.29) is 10.6 Å². The van der Waals surface area contributed by atoms with Crippen LogP contribution in [0.2, 0.25) is 0 Å². The molecule has 10 heteroatoms. The highest BCUT2D eigenvalue weighted by atomic mass is 32.2. The van der Waals surface area contributed by atoms with Crippen molar-refractivity contribution in [1.29, 1.82) is 0 Å². The molecule has 1 aromatic heterocycles. The maximum absolute atomic E-state index is 13.2. The van der Waals surface area contributed by atoms with E-state index >= 15 is 0 Å². The Morgan fingerprint density at radius 3 is 2.57 bits per heavy atom. The smallest absolute Gasteiger partial charge is 0.262 e. The topological polar surface area (TPSA) is 89.8 Å². The van der Waals surface area contributed by atoms with Gasteiger partial charge in [-0.25, -0.2) is 21.9 Å². The van der Waals surface area contributed by atoms with E-state index in [2.05, 4.69) is 20.2 Å². The number of rotatable bonds is 4. The molecule has 0 saturated carbocycles. The van der Waals surface area contributed by atoms with Gasteiger partial charge in [-0.05, 0) is 46.8 Å². The van der Waals surface area contributed by atoms with E-state index in [9.17, 15) is 17.2 Å². The van der Waals surface area contributed by atoms with Crippen LogP contribution in [0, 0.1) is 11.6 Å². The van der Waals surface area contributed by atoms with E-state index in [4.69, 9.17) is 0 Å². The molecule has 0 radical (unpaired) electrons. The Labute approximate surface area is 129 Å². The Kier molecular flexibility index (Phi) is 3.74. The highest BCUT2D eigenvalue weighted by Gasteiger charge is 2.17. The number of nitrogens with one attached hydrogen (secondary N) is 1. The first-order valence-corrected chi connectivity index (χ1v) is 7.75. The van der Waals surface area contributed by atoms with Gasteiger partial charge in [0.15, 0.2) is 11.6 Å². The minimum Gasteiger partial charge on any atom is -0.280 e. The third-order valence-electron chi connectivity index (χ3n) is 2.91. The zero-order valence-corrected chi connectivity index (χ0v) is 12.2. The molecule has 0 aliphatic rings. The Bertz CT molecular complexity index is 945. The number of hydrogen-bond donors (Lipinski definition) is 1. The summed E-state index contributed by atoms with van der Waals surface area (Å²) >= 11 is 0. The molecule has 0 amide bonds. The minimum absolute atomic E-state index is 0.225. The van der Waals surface area contributed by atoms with Crippen LogP contribution in [0.25, 0.3) is 5.69 Å². The molecule has 2 aromatic carbocycles. The van der Waals surface area contributed by atoms with Crippen LogP contribution < -0.4 is 4.72 Å². The number of halogens is 2. The van der Waals surface area contributed by atoms with Crippen LogP contribution in [0.15, 0.2) is 53.7 Å². The number of benzene rings is 2. The molecule has 118 valence electrons. The van der Waals surface area contributed by atoms with E-state index in [0.717, 1.165) is 12.1 Å². The van der Waals surface area contributed by atoms with Crippen LogP contribution in [0.1, 0.15) is 0 Å². The van der Waals surface area contributed by atoms with Gasteiger partial charge in [0.1, 0.15) is 6.33 Å². The van der Waals surface area contributed by atoms with Gasteiger partial charge in [-0.2, -0.15) is 0 Å². The van der Waals surface area contributed by atoms with Crippen LogP contribution in [0.3, 0.4) is 0 Å². The Balaban J connectivity index is 1.91. The largest absolute Gasteiger partial charge is 0.280 e. The molecule has 1 N–H and O–H groups in total. The Hall–Kier alpha value is -2.88. The van der Waals surface area contributed by atoms with E-state index in [1.165, 1.54) is 23.1 Å². The molecule has 3 aromatic rings. The Morgan fingerprint density at radius 2 is 1.87 bits per heavy atom. The van der Waals surface area contributed by atoms with Crippen molar-refractivity contribution < 1.29 is 17.2 Å². The van der Waals surface area contributed by atoms with Gasteiger partial charge < -0.3 is 0 Å². The van der Waals surface area contributed by atoms with Crippen molar-refractivity contribution in [3.8, 4) is 5.69 Å². The maximum atomic E-state index is 13.2. The van der Waals surface area contributed by atoms with Crippen molar-refractivity contribution in [2.75, 3.05) is 4.72 Å². The maximum Gasteiger partial charge on any atom is 0.262 e. The fourth-order valence-corrected chi connectivity index (χ4v) is 2.91. The number of tetrazole rings is 1. The second kappa shape index (κ2) is 5.72. The van der Waals surface area contributed by atoms with Crippen molar-refractivity contribution in [2.45, 2.75) is 4.90 Å². The van der Waals surface area contributed by atoms with Crippen molar-refractivity contribution in [3.05, 3.63) is 60.4 Å². The van der Waals surface area contributed by atoms with Crippen LogP contribution >= 0.6 is 0 Å². The van der Waals surface area contributed by atoms with Crippen molar-refractivity contribution in [1.82, 2.24) is 20.2 Å². The summed E-state index contributed by atoms with van der Waals surface area (Å²) in [4.78, 5) is -0.385. The summed E-state index contributed by atoms with van der Waals surface area (Å²) < 4.78 is 54.2. The quantitative estimate of drug-likeness (QED) is 0.783. The molecule has 0 fully saturated rings. The minimum atomic E-state index is -4.06. The molecule has 0 spiro atoms. The van der Waals surface area contributed by atoms with Crippen LogP contribution in [0.5, 0.6) is 0 Å². The van der Waals surface area contributed by atoms with Gasteiger partial charge in [0, 0.05) is 0 Å². The van der Waals surface area contributed by atoms with Crippen molar-refractivity contribution >= 4 is 15.7 Å². The summed E-state index contributed by atoms with van der Waals surface area (Å²) in [5.74, 6) is -2.36. The van der Waals surface area contributed by atoms with Crippen LogP contribution in [-0.2, 0) is 10.0 Å². The SMILES string of the molecule is O=S(=O)(Nc1cccc(-n2cnnn2)c1)c1ccc(F)c(F)c1. The summed E-state index contributed by atoms with van der Waals surface area (Å²) in [6.45, 7) is 0. The number of nitrogens with zero attached hydrogens (tertiary/aromatic N) is 4. The summed E-state index contributed by atoms with van der Waals surface area (Å²) in [5.41, 5.74) is 0.753. The molecule has 0 bridgehead atoms. The van der Waals surface area contributed by atoms with E-state index in [1.54, 1.807) is 12.1 Å². The van der Waals surface area contributed by atoms with Gasteiger partial charge in [-0.15, -0.1) is 5.10 Å². The van der Waals surface area contributed by atoms with E-state index < -0.39 is 21.7 Å². The first kappa shape index (κ1) is 15.0. The van der Waals surface area contributed by atoms with Gasteiger partial charge >= 0.3 is 0 Å². The van der Waals surface area contributed by atoms with Gasteiger partial charge in [0.05, 0.1) is 16.3 Å². The molecule has 7 nitrogen and oxygen atoms in total. The lowest BCUT2D eigenvalue weighted by Gasteiger charge is -2.09. The van der Waals surface area contributed by atoms with Gasteiger partial charge in [0.2, 0.25) is 0 Å². The standard InChI is InChI=1S/C13H9F2N5O2S/c14-12-5-4-11(7-13(12)15)23(21,22)17-9-2-1-3-10(6-9)20-8-16-18-19-20/h1-8,17H. The zero-order chi connectivity index (χ0) is 16.4. The Morgan fingerprint density at radius 1 is 1.04 bits per heavy atom. The third kappa shape index (κ3) is 3.16. The summed E-state index contributed by atoms with van der Waals surface area (Å²) in [6, 6.07) is 8.61. The highest BCUT2D eigenvalue weighted by molar-refractivity contribution is 7.92. The normalized spacial score (nSPS) is 11.4. The number of anilines is 1. The lowest BCUT2D eigenvalue weighted by atomic mass is 10.3. The van der Waals surface area contributed by atoms with Gasteiger partial charge in [0.25, 0.3) is 10.0 Å². The molecule has 3 rings (SSSR count). The van der Waals surface area contributed by atoms with Crippen molar-refractivity contribution in [2.24, 2.45) is 0 Å². The molecule has 0 saturated heterocycles. The lowest BCUT2D eigenvalue weighted by Crippen LogP contribution is -2.13. The average molecular weight is 337 g/mol. The monoisotopic (exact) mass is 337 g/mol. The first-order valence-electron chi connectivity index (χ1n) is 6.27. The third-order valence-corrected chi connectivity index (χ3v) is 4.29. The van der Waals surface area contributed by atoms with Crippen molar-refractivity contribution in [3.63, 3.8) is 0 Å².